The van der Waals surface area contributed by atoms with Crippen LogP contribution in [0.15, 0.2) is 24.3 Å². The maximum atomic E-state index is 12.8. The fourth-order valence-corrected chi connectivity index (χ4v) is 3.41. The number of carbonyl (C=O) groups excluding carboxylic acids is 1. The fourth-order valence-electron chi connectivity index (χ4n) is 3.41. The molecule has 0 bridgehead atoms. The van der Waals surface area contributed by atoms with Crippen LogP contribution in [0.25, 0.3) is 5.70 Å². The molecule has 0 saturated carbocycles. The highest BCUT2D eigenvalue weighted by Gasteiger charge is 2.28. The minimum Gasteiger partial charge on any atom is -0.379 e. The Labute approximate surface area is 146 Å². The van der Waals surface area contributed by atoms with Gasteiger partial charge in [-0.2, -0.15) is 0 Å². The van der Waals surface area contributed by atoms with Crippen molar-refractivity contribution in [2.75, 3.05) is 0 Å². The monoisotopic (exact) mass is 326 g/mol. The van der Waals surface area contributed by atoms with Crippen molar-refractivity contribution in [3.8, 4) is 0 Å². The number of allylic oxidation sites excluding steroid dienone is 1. The second-order valence-corrected chi connectivity index (χ2v) is 7.45. The molecule has 1 aliphatic heterocycles. The van der Waals surface area contributed by atoms with Crippen LogP contribution in [-0.4, -0.2) is 17.5 Å². The van der Waals surface area contributed by atoms with Crippen LogP contribution in [0.1, 0.15) is 70.1 Å². The SMILES string of the molecule is CCCCC(CC)C(=O)/C=C1\NC(C)(C)Cc2ccc(C=N)cc21. The quantitative estimate of drug-likeness (QED) is 0.562. The van der Waals surface area contributed by atoms with Gasteiger partial charge in [0, 0.05) is 35.0 Å². The maximum Gasteiger partial charge on any atom is 0.160 e. The molecule has 1 aromatic carbocycles. The Kier molecular flexibility index (Phi) is 5.98. The Morgan fingerprint density at radius 2 is 2.12 bits per heavy atom. The van der Waals surface area contributed by atoms with E-state index in [1.165, 1.54) is 11.8 Å². The number of carbonyl (C=O) groups is 1. The molecule has 1 atom stereocenters. The Balaban J connectivity index is 2.37. The summed E-state index contributed by atoms with van der Waals surface area (Å²) in [5.74, 6) is 0.330. The molecule has 0 saturated heterocycles. The molecule has 0 spiro atoms. The zero-order valence-corrected chi connectivity index (χ0v) is 15.4. The molecule has 1 unspecified atom stereocenters. The van der Waals surface area contributed by atoms with Gasteiger partial charge in [0.05, 0.1) is 0 Å². The van der Waals surface area contributed by atoms with Crippen LogP contribution >= 0.6 is 0 Å². The molecule has 1 heterocycles. The number of hydrogen-bond donors (Lipinski definition) is 2. The van der Waals surface area contributed by atoms with Crippen LogP contribution in [-0.2, 0) is 11.2 Å². The van der Waals surface area contributed by atoms with Crippen molar-refractivity contribution in [3.63, 3.8) is 0 Å². The van der Waals surface area contributed by atoms with Gasteiger partial charge in [0.15, 0.2) is 5.78 Å². The average Bonchev–Trinajstić information content (AvgIpc) is 2.54. The number of nitrogens with one attached hydrogen (secondary N) is 2. The minimum absolute atomic E-state index is 0.0730. The Morgan fingerprint density at radius 1 is 1.38 bits per heavy atom. The molecule has 0 aliphatic carbocycles. The predicted octanol–water partition coefficient (Wildman–Crippen LogP) is 4.73. The average molecular weight is 326 g/mol. The number of rotatable bonds is 7. The number of unbranched alkanes of at least 4 members (excludes halogenated alkanes) is 1. The van der Waals surface area contributed by atoms with E-state index >= 15 is 0 Å². The van der Waals surface area contributed by atoms with E-state index in [1.54, 1.807) is 6.08 Å². The lowest BCUT2D eigenvalue weighted by atomic mass is 9.84. The topological polar surface area (TPSA) is 53.0 Å². The molecule has 1 aromatic rings. The zero-order chi connectivity index (χ0) is 17.7. The molecule has 0 fully saturated rings. The second-order valence-electron chi connectivity index (χ2n) is 7.45. The highest BCUT2D eigenvalue weighted by molar-refractivity contribution is 5.99. The van der Waals surface area contributed by atoms with Gasteiger partial charge in [0.1, 0.15) is 0 Å². The summed E-state index contributed by atoms with van der Waals surface area (Å²) in [6, 6.07) is 6.07. The van der Waals surface area contributed by atoms with E-state index in [4.69, 9.17) is 5.41 Å². The first-order valence-corrected chi connectivity index (χ1v) is 9.07. The number of ketones is 1. The van der Waals surface area contributed by atoms with Gasteiger partial charge in [-0.1, -0.05) is 38.8 Å². The Morgan fingerprint density at radius 3 is 2.75 bits per heavy atom. The van der Waals surface area contributed by atoms with Crippen LogP contribution in [0, 0.1) is 11.3 Å². The highest BCUT2D eigenvalue weighted by Crippen LogP contribution is 2.31. The van der Waals surface area contributed by atoms with Gasteiger partial charge < -0.3 is 10.7 Å². The smallest absolute Gasteiger partial charge is 0.160 e. The first-order chi connectivity index (χ1) is 11.4. The maximum absolute atomic E-state index is 12.8. The molecule has 1 aliphatic rings. The Bertz CT molecular complexity index is 643. The van der Waals surface area contributed by atoms with Crippen molar-refractivity contribution >= 4 is 17.7 Å². The zero-order valence-electron chi connectivity index (χ0n) is 15.4. The summed E-state index contributed by atoms with van der Waals surface area (Å²) in [5, 5.41) is 11.0. The van der Waals surface area contributed by atoms with Gasteiger partial charge in [0.25, 0.3) is 0 Å². The summed E-state index contributed by atoms with van der Waals surface area (Å²) in [7, 11) is 0. The molecule has 2 rings (SSSR count). The molecule has 2 N–H and O–H groups in total. The molecular formula is C21H30N2O. The van der Waals surface area contributed by atoms with Gasteiger partial charge in [-0.05, 0) is 50.3 Å². The minimum atomic E-state index is -0.0730. The Hall–Kier alpha value is -1.90. The van der Waals surface area contributed by atoms with E-state index in [-0.39, 0.29) is 17.2 Å². The van der Waals surface area contributed by atoms with E-state index in [0.717, 1.165) is 48.9 Å². The molecule has 0 amide bonds. The van der Waals surface area contributed by atoms with Gasteiger partial charge in [0.2, 0.25) is 0 Å². The van der Waals surface area contributed by atoms with Crippen molar-refractivity contribution in [3.05, 3.63) is 41.0 Å². The molecule has 3 nitrogen and oxygen atoms in total. The molecule has 3 heteroatoms. The first-order valence-electron chi connectivity index (χ1n) is 9.07. The van der Waals surface area contributed by atoms with Crippen LogP contribution in [0.2, 0.25) is 0 Å². The number of hydrogen-bond acceptors (Lipinski definition) is 3. The van der Waals surface area contributed by atoms with Gasteiger partial charge in [-0.25, -0.2) is 0 Å². The van der Waals surface area contributed by atoms with E-state index < -0.39 is 0 Å². The third-order valence-corrected chi connectivity index (χ3v) is 4.78. The lowest BCUT2D eigenvalue weighted by Crippen LogP contribution is -2.44. The second kappa shape index (κ2) is 7.78. The summed E-state index contributed by atoms with van der Waals surface area (Å²) in [6.07, 6.45) is 8.15. The molecule has 24 heavy (non-hydrogen) atoms. The summed E-state index contributed by atoms with van der Waals surface area (Å²) in [6.45, 7) is 8.58. The lowest BCUT2D eigenvalue weighted by molar-refractivity contribution is -0.118. The third-order valence-electron chi connectivity index (χ3n) is 4.78. The summed E-state index contributed by atoms with van der Waals surface area (Å²) >= 11 is 0. The van der Waals surface area contributed by atoms with E-state index in [2.05, 4.69) is 39.1 Å². The third kappa shape index (κ3) is 4.34. The molecule has 0 radical (unpaired) electrons. The van der Waals surface area contributed by atoms with Crippen molar-refractivity contribution in [1.29, 1.82) is 5.41 Å². The van der Waals surface area contributed by atoms with Gasteiger partial charge >= 0.3 is 0 Å². The van der Waals surface area contributed by atoms with Crippen LogP contribution < -0.4 is 5.32 Å². The highest BCUT2D eigenvalue weighted by atomic mass is 16.1. The van der Waals surface area contributed by atoms with Gasteiger partial charge in [-0.3, -0.25) is 4.79 Å². The summed E-state index contributed by atoms with van der Waals surface area (Å²) in [4.78, 5) is 12.8. The number of fused-ring (bicyclic) bond motifs is 1. The van der Waals surface area contributed by atoms with Crippen LogP contribution in [0.3, 0.4) is 0 Å². The predicted molar refractivity (Wildman–Crippen MR) is 102 cm³/mol. The summed E-state index contributed by atoms with van der Waals surface area (Å²) < 4.78 is 0. The van der Waals surface area contributed by atoms with E-state index in [0.29, 0.717) is 0 Å². The molecular weight excluding hydrogens is 296 g/mol. The van der Waals surface area contributed by atoms with Crippen molar-refractivity contribution in [1.82, 2.24) is 5.32 Å². The fraction of sp³-hybridized carbons (Fsp3) is 0.524. The van der Waals surface area contributed by atoms with Crippen molar-refractivity contribution in [2.24, 2.45) is 5.92 Å². The molecule has 130 valence electrons. The number of benzene rings is 1. The standard InChI is InChI=1S/C21H30N2O/c1-5-7-8-16(6-2)20(24)12-19-18-11-15(14-22)9-10-17(18)13-21(3,4)23-19/h9-12,14,16,22-23H,5-8,13H2,1-4H3/b19-12-,22-14?. The van der Waals surface area contributed by atoms with Crippen LogP contribution in [0.5, 0.6) is 0 Å². The van der Waals surface area contributed by atoms with Crippen LogP contribution in [0.4, 0.5) is 0 Å². The van der Waals surface area contributed by atoms with E-state index in [1.807, 2.05) is 12.1 Å². The largest absolute Gasteiger partial charge is 0.379 e. The lowest BCUT2D eigenvalue weighted by Gasteiger charge is -2.36. The molecule has 0 aromatic heterocycles. The summed E-state index contributed by atoms with van der Waals surface area (Å²) in [5.41, 5.74) is 4.01. The van der Waals surface area contributed by atoms with E-state index in [9.17, 15) is 4.79 Å². The van der Waals surface area contributed by atoms with Crippen molar-refractivity contribution < 1.29 is 4.79 Å². The normalized spacial score (nSPS) is 18.6. The van der Waals surface area contributed by atoms with Gasteiger partial charge in [-0.15, -0.1) is 0 Å². The first kappa shape index (κ1) is 18.4. The van der Waals surface area contributed by atoms with Crippen molar-refractivity contribution in [2.45, 2.75) is 65.3 Å².